The number of nitrogens with one attached hydrogen (secondary N) is 1. The maximum absolute atomic E-state index is 11.6. The Labute approximate surface area is 91.0 Å². The molecule has 2 aliphatic rings. The molecule has 14 heavy (non-hydrogen) atoms. The number of hydrogen-bond donors (Lipinski definition) is 1. The van der Waals surface area contributed by atoms with Crippen molar-refractivity contribution < 1.29 is 9.53 Å². The molecule has 1 saturated carbocycles. The number of rotatable bonds is 2. The second-order valence-electron chi connectivity index (χ2n) is 4.03. The number of carbonyl (C=O) groups is 1. The molecule has 0 radical (unpaired) electrons. The van der Waals surface area contributed by atoms with Crippen molar-refractivity contribution in [3.8, 4) is 0 Å². The van der Waals surface area contributed by atoms with E-state index in [2.05, 4.69) is 5.32 Å². The molecule has 1 N–H and O–H groups in total. The van der Waals surface area contributed by atoms with Gasteiger partial charge in [0.1, 0.15) is 0 Å². The summed E-state index contributed by atoms with van der Waals surface area (Å²) in [4.78, 5) is 11.6. The van der Waals surface area contributed by atoms with Crippen molar-refractivity contribution in [2.45, 2.75) is 38.1 Å². The maximum atomic E-state index is 11.6. The van der Waals surface area contributed by atoms with Crippen LogP contribution in [0.3, 0.4) is 0 Å². The van der Waals surface area contributed by atoms with Gasteiger partial charge in [0.25, 0.3) is 0 Å². The molecule has 0 aromatic carbocycles. The van der Waals surface area contributed by atoms with Gasteiger partial charge in [0.15, 0.2) is 0 Å². The minimum absolute atomic E-state index is 0. The van der Waals surface area contributed by atoms with Gasteiger partial charge in [-0.05, 0) is 39.2 Å². The van der Waals surface area contributed by atoms with Crippen LogP contribution in [0.2, 0.25) is 0 Å². The fraction of sp³-hybridized carbons (Fsp3) is 0.900. The summed E-state index contributed by atoms with van der Waals surface area (Å²) < 4.78 is 5.08. The molecule has 0 bridgehead atoms. The number of halogens is 1. The Morgan fingerprint density at radius 3 is 2.79 bits per heavy atom. The molecule has 1 atom stereocenters. The van der Waals surface area contributed by atoms with E-state index in [1.165, 1.54) is 6.42 Å². The summed E-state index contributed by atoms with van der Waals surface area (Å²) >= 11 is 0. The number of ether oxygens (including phenoxy) is 1. The molecule has 0 aromatic heterocycles. The normalized spacial score (nSPS) is 27.9. The lowest BCUT2D eigenvalue weighted by Gasteiger charge is -2.42. The second-order valence-corrected chi connectivity index (χ2v) is 4.03. The zero-order valence-electron chi connectivity index (χ0n) is 8.54. The third-order valence-corrected chi connectivity index (χ3v) is 3.39. The molecule has 3 nitrogen and oxygen atoms in total. The van der Waals surface area contributed by atoms with Gasteiger partial charge in [0.2, 0.25) is 0 Å². The third-order valence-electron chi connectivity index (χ3n) is 3.39. The van der Waals surface area contributed by atoms with Gasteiger partial charge in [-0.15, -0.1) is 12.4 Å². The maximum Gasteiger partial charge on any atom is 0.310 e. The molecule has 4 heteroatoms. The van der Waals surface area contributed by atoms with E-state index < -0.39 is 0 Å². The highest BCUT2D eigenvalue weighted by atomic mass is 35.5. The fourth-order valence-electron chi connectivity index (χ4n) is 2.53. The Balaban J connectivity index is 0.000000980. The van der Waals surface area contributed by atoms with Crippen LogP contribution >= 0.6 is 12.4 Å². The highest BCUT2D eigenvalue weighted by molar-refractivity contribution is 5.85. The van der Waals surface area contributed by atoms with E-state index in [0.717, 1.165) is 25.8 Å². The molecule has 0 aromatic rings. The van der Waals surface area contributed by atoms with E-state index in [1.54, 1.807) is 0 Å². The van der Waals surface area contributed by atoms with Crippen LogP contribution in [0, 0.1) is 5.92 Å². The third kappa shape index (κ3) is 1.75. The van der Waals surface area contributed by atoms with Crippen molar-refractivity contribution in [3.05, 3.63) is 0 Å². The number of hydrogen-bond acceptors (Lipinski definition) is 3. The number of esters is 1. The number of carbonyl (C=O) groups excluding carboxylic acids is 1. The van der Waals surface area contributed by atoms with Gasteiger partial charge in [-0.3, -0.25) is 4.79 Å². The van der Waals surface area contributed by atoms with Crippen LogP contribution in [0.4, 0.5) is 0 Å². The predicted molar refractivity (Wildman–Crippen MR) is 56.6 cm³/mol. The summed E-state index contributed by atoms with van der Waals surface area (Å²) in [7, 11) is 0. The van der Waals surface area contributed by atoms with Crippen molar-refractivity contribution in [1.29, 1.82) is 0 Å². The Kier molecular flexibility index (Phi) is 3.78. The molecule has 1 aliphatic carbocycles. The zero-order chi connectivity index (χ0) is 9.31. The summed E-state index contributed by atoms with van der Waals surface area (Å²) in [5.74, 6) is 0.133. The van der Waals surface area contributed by atoms with Gasteiger partial charge in [0, 0.05) is 5.54 Å². The van der Waals surface area contributed by atoms with Gasteiger partial charge in [0.05, 0.1) is 12.5 Å². The van der Waals surface area contributed by atoms with Gasteiger partial charge < -0.3 is 10.1 Å². The molecular formula is C10H18ClNO2. The molecule has 2 rings (SSSR count). The average Bonchev–Trinajstić information content (AvgIpc) is 2.46. The summed E-state index contributed by atoms with van der Waals surface area (Å²) in [6, 6.07) is 0. The molecule has 2 fully saturated rings. The topological polar surface area (TPSA) is 38.3 Å². The summed E-state index contributed by atoms with van der Waals surface area (Å²) in [6.07, 6.45) is 4.51. The van der Waals surface area contributed by atoms with Crippen LogP contribution in [0.25, 0.3) is 0 Å². The smallest absolute Gasteiger partial charge is 0.310 e. The average molecular weight is 220 g/mol. The van der Waals surface area contributed by atoms with Gasteiger partial charge in [-0.2, -0.15) is 0 Å². The first-order valence-electron chi connectivity index (χ1n) is 5.20. The van der Waals surface area contributed by atoms with E-state index in [0.29, 0.717) is 6.61 Å². The lowest BCUT2D eigenvalue weighted by atomic mass is 9.69. The first kappa shape index (κ1) is 11.8. The highest BCUT2D eigenvalue weighted by Gasteiger charge is 2.50. The SMILES string of the molecule is CCOC(=O)C1CCNC12CCC2.Cl. The van der Waals surface area contributed by atoms with Gasteiger partial charge in [-0.25, -0.2) is 0 Å². The first-order chi connectivity index (χ1) is 6.28. The minimum Gasteiger partial charge on any atom is -0.466 e. The Morgan fingerprint density at radius 1 is 1.57 bits per heavy atom. The largest absolute Gasteiger partial charge is 0.466 e. The van der Waals surface area contributed by atoms with Crippen molar-refractivity contribution in [2.75, 3.05) is 13.2 Å². The van der Waals surface area contributed by atoms with E-state index >= 15 is 0 Å². The van der Waals surface area contributed by atoms with Crippen molar-refractivity contribution in [3.63, 3.8) is 0 Å². The standard InChI is InChI=1S/C10H17NO2.ClH/c1-2-13-9(12)8-4-7-11-10(8)5-3-6-10;/h8,11H,2-7H2,1H3;1H. The second kappa shape index (κ2) is 4.49. The summed E-state index contributed by atoms with van der Waals surface area (Å²) in [5, 5.41) is 3.46. The molecule has 1 aliphatic heterocycles. The van der Waals surface area contributed by atoms with E-state index in [9.17, 15) is 4.79 Å². The van der Waals surface area contributed by atoms with Crippen LogP contribution < -0.4 is 5.32 Å². The quantitative estimate of drug-likeness (QED) is 0.716. The van der Waals surface area contributed by atoms with Crippen molar-refractivity contribution in [1.82, 2.24) is 5.32 Å². The Morgan fingerprint density at radius 2 is 2.29 bits per heavy atom. The summed E-state index contributed by atoms with van der Waals surface area (Å²) in [6.45, 7) is 3.35. The van der Waals surface area contributed by atoms with Gasteiger partial charge >= 0.3 is 5.97 Å². The summed E-state index contributed by atoms with van der Waals surface area (Å²) in [5.41, 5.74) is 0.131. The van der Waals surface area contributed by atoms with E-state index in [1.807, 2.05) is 6.92 Å². The van der Waals surface area contributed by atoms with Crippen LogP contribution in [0.1, 0.15) is 32.6 Å². The highest BCUT2D eigenvalue weighted by Crippen LogP contribution is 2.43. The van der Waals surface area contributed by atoms with Crippen molar-refractivity contribution >= 4 is 18.4 Å². The van der Waals surface area contributed by atoms with Crippen LogP contribution in [-0.4, -0.2) is 24.7 Å². The Bertz CT molecular complexity index is 216. The monoisotopic (exact) mass is 219 g/mol. The molecule has 1 heterocycles. The lowest BCUT2D eigenvalue weighted by molar-refractivity contribution is -0.151. The molecule has 1 saturated heterocycles. The van der Waals surface area contributed by atoms with Crippen LogP contribution in [0.5, 0.6) is 0 Å². The Hall–Kier alpha value is -0.280. The predicted octanol–water partition coefficient (Wildman–Crippen LogP) is 1.50. The van der Waals surface area contributed by atoms with E-state index in [4.69, 9.17) is 4.74 Å². The molecular weight excluding hydrogens is 202 g/mol. The lowest BCUT2D eigenvalue weighted by Crippen LogP contribution is -2.53. The zero-order valence-corrected chi connectivity index (χ0v) is 9.36. The molecule has 1 unspecified atom stereocenters. The molecule has 82 valence electrons. The van der Waals surface area contributed by atoms with Crippen LogP contribution in [0.15, 0.2) is 0 Å². The molecule has 0 amide bonds. The van der Waals surface area contributed by atoms with Crippen molar-refractivity contribution in [2.24, 2.45) is 5.92 Å². The van der Waals surface area contributed by atoms with Crippen LogP contribution in [-0.2, 0) is 9.53 Å². The fourth-order valence-corrected chi connectivity index (χ4v) is 2.53. The minimum atomic E-state index is 0. The van der Waals surface area contributed by atoms with Gasteiger partial charge in [-0.1, -0.05) is 0 Å². The molecule has 1 spiro atoms. The van der Waals surface area contributed by atoms with E-state index in [-0.39, 0.29) is 29.8 Å². The first-order valence-corrected chi connectivity index (χ1v) is 5.20.